The standard InChI is InChI=1S/C12H18O8/c1-5-17-10(16)12(9(14)15)18-6-7(19-12)8(13)20-11(2,3)4/h7H,5-6H2,1-4H3,(H,14,15)/t7-,12+/m0/s1. The first kappa shape index (κ1) is 16.4. The summed E-state index contributed by atoms with van der Waals surface area (Å²) >= 11 is 0. The van der Waals surface area contributed by atoms with E-state index < -0.39 is 42.0 Å². The van der Waals surface area contributed by atoms with Crippen LogP contribution in [0, 0.1) is 0 Å². The molecule has 1 fully saturated rings. The molecule has 1 heterocycles. The van der Waals surface area contributed by atoms with Gasteiger partial charge in [-0.25, -0.2) is 14.4 Å². The highest BCUT2D eigenvalue weighted by molar-refractivity contribution is 6.01. The minimum absolute atomic E-state index is 0.0440. The van der Waals surface area contributed by atoms with Crippen LogP contribution in [0.3, 0.4) is 0 Å². The Morgan fingerprint density at radius 3 is 2.40 bits per heavy atom. The molecule has 1 aliphatic rings. The Hall–Kier alpha value is -1.67. The number of carboxylic acid groups (broad SMARTS) is 1. The number of carboxylic acids is 1. The van der Waals surface area contributed by atoms with E-state index in [1.807, 2.05) is 0 Å². The van der Waals surface area contributed by atoms with Gasteiger partial charge in [0.1, 0.15) is 5.60 Å². The van der Waals surface area contributed by atoms with Crippen molar-refractivity contribution in [3.05, 3.63) is 0 Å². The third kappa shape index (κ3) is 3.45. The van der Waals surface area contributed by atoms with Crippen molar-refractivity contribution in [1.29, 1.82) is 0 Å². The molecule has 0 bridgehead atoms. The van der Waals surface area contributed by atoms with Gasteiger partial charge in [-0.2, -0.15) is 0 Å². The summed E-state index contributed by atoms with van der Waals surface area (Å²) in [4.78, 5) is 34.6. The molecule has 0 aromatic rings. The van der Waals surface area contributed by atoms with Gasteiger partial charge >= 0.3 is 23.7 Å². The molecule has 0 aromatic carbocycles. The van der Waals surface area contributed by atoms with Gasteiger partial charge in [-0.05, 0) is 27.7 Å². The maximum absolute atomic E-state index is 11.8. The maximum atomic E-state index is 11.8. The number of carbonyl (C=O) groups excluding carboxylic acids is 2. The van der Waals surface area contributed by atoms with Gasteiger partial charge in [0.15, 0.2) is 6.10 Å². The van der Waals surface area contributed by atoms with E-state index in [1.54, 1.807) is 20.8 Å². The molecule has 1 aliphatic heterocycles. The number of hydrogen-bond donors (Lipinski definition) is 1. The molecule has 114 valence electrons. The van der Waals surface area contributed by atoms with Crippen molar-refractivity contribution < 1.29 is 38.4 Å². The quantitative estimate of drug-likeness (QED) is 0.573. The number of ether oxygens (including phenoxy) is 4. The molecule has 8 nitrogen and oxygen atoms in total. The number of rotatable bonds is 4. The first-order valence-corrected chi connectivity index (χ1v) is 6.07. The Balaban J connectivity index is 2.83. The third-order valence-electron chi connectivity index (χ3n) is 2.24. The lowest BCUT2D eigenvalue weighted by Gasteiger charge is -2.23. The Labute approximate surface area is 115 Å². The van der Waals surface area contributed by atoms with E-state index in [4.69, 9.17) is 19.3 Å². The first-order valence-electron chi connectivity index (χ1n) is 6.07. The zero-order valence-electron chi connectivity index (χ0n) is 11.8. The minimum atomic E-state index is -2.61. The van der Waals surface area contributed by atoms with Crippen molar-refractivity contribution in [1.82, 2.24) is 0 Å². The normalized spacial score (nSPS) is 26.1. The van der Waals surface area contributed by atoms with Gasteiger partial charge in [-0.15, -0.1) is 0 Å². The second-order valence-electron chi connectivity index (χ2n) is 5.09. The Bertz CT molecular complexity index is 410. The molecular weight excluding hydrogens is 272 g/mol. The second kappa shape index (κ2) is 5.76. The van der Waals surface area contributed by atoms with Gasteiger partial charge < -0.3 is 24.1 Å². The molecule has 0 saturated carbocycles. The van der Waals surface area contributed by atoms with Gasteiger partial charge in [-0.3, -0.25) is 0 Å². The molecule has 1 saturated heterocycles. The van der Waals surface area contributed by atoms with Crippen molar-refractivity contribution in [3.63, 3.8) is 0 Å². The van der Waals surface area contributed by atoms with Crippen LogP contribution in [0.5, 0.6) is 0 Å². The lowest BCUT2D eigenvalue weighted by Crippen LogP contribution is -2.50. The van der Waals surface area contributed by atoms with Gasteiger partial charge in [-0.1, -0.05) is 0 Å². The molecule has 1 N–H and O–H groups in total. The number of carbonyl (C=O) groups is 3. The highest BCUT2D eigenvalue weighted by Crippen LogP contribution is 2.27. The Morgan fingerprint density at radius 2 is 1.95 bits per heavy atom. The lowest BCUT2D eigenvalue weighted by atomic mass is 10.2. The summed E-state index contributed by atoms with van der Waals surface area (Å²) in [5, 5.41) is 9.09. The highest BCUT2D eigenvalue weighted by Gasteiger charge is 2.59. The zero-order valence-corrected chi connectivity index (χ0v) is 11.8. The van der Waals surface area contributed by atoms with Gasteiger partial charge in [0.2, 0.25) is 0 Å². The maximum Gasteiger partial charge on any atom is 0.379 e. The fraction of sp³-hybridized carbons (Fsp3) is 0.750. The van der Waals surface area contributed by atoms with Crippen LogP contribution in [0.4, 0.5) is 0 Å². The molecule has 8 heteroatoms. The van der Waals surface area contributed by atoms with Gasteiger partial charge in [0.25, 0.3) is 0 Å². The van der Waals surface area contributed by atoms with E-state index >= 15 is 0 Å². The summed E-state index contributed by atoms with van der Waals surface area (Å²) in [6.07, 6.45) is -1.30. The van der Waals surface area contributed by atoms with Gasteiger partial charge in [0, 0.05) is 0 Å². The van der Waals surface area contributed by atoms with Crippen molar-refractivity contribution >= 4 is 17.9 Å². The fourth-order valence-electron chi connectivity index (χ4n) is 1.48. The van der Waals surface area contributed by atoms with Crippen LogP contribution in [0.2, 0.25) is 0 Å². The molecule has 0 aliphatic carbocycles. The molecule has 1 rings (SSSR count). The number of esters is 2. The van der Waals surface area contributed by atoms with Crippen LogP contribution < -0.4 is 0 Å². The monoisotopic (exact) mass is 290 g/mol. The predicted molar refractivity (Wildman–Crippen MR) is 63.7 cm³/mol. The van der Waals surface area contributed by atoms with E-state index in [0.29, 0.717) is 0 Å². The van der Waals surface area contributed by atoms with Crippen molar-refractivity contribution in [2.75, 3.05) is 13.2 Å². The molecule has 0 spiro atoms. The number of aliphatic carboxylic acids is 1. The summed E-state index contributed by atoms with van der Waals surface area (Å²) in [6, 6.07) is 0. The van der Waals surface area contributed by atoms with Crippen LogP contribution in [0.15, 0.2) is 0 Å². The molecule has 0 amide bonds. The van der Waals surface area contributed by atoms with E-state index in [1.165, 1.54) is 6.92 Å². The second-order valence-corrected chi connectivity index (χ2v) is 5.09. The van der Waals surface area contributed by atoms with Crippen LogP contribution in [0.1, 0.15) is 27.7 Å². The first-order chi connectivity index (χ1) is 9.12. The summed E-state index contributed by atoms with van der Waals surface area (Å²) in [5.41, 5.74) is -0.765. The molecule has 2 atom stereocenters. The summed E-state index contributed by atoms with van der Waals surface area (Å²) in [6.45, 7) is 6.01. The molecule has 0 aromatic heterocycles. The average molecular weight is 290 g/mol. The molecule has 20 heavy (non-hydrogen) atoms. The topological polar surface area (TPSA) is 108 Å². The Morgan fingerprint density at radius 1 is 1.35 bits per heavy atom. The van der Waals surface area contributed by atoms with E-state index in [9.17, 15) is 14.4 Å². The molecule has 0 unspecified atom stereocenters. The summed E-state index contributed by atoms with van der Waals surface area (Å²) < 4.78 is 19.5. The van der Waals surface area contributed by atoms with Crippen molar-refractivity contribution in [2.45, 2.75) is 45.2 Å². The molecule has 0 radical (unpaired) electrons. The third-order valence-corrected chi connectivity index (χ3v) is 2.24. The lowest BCUT2D eigenvalue weighted by molar-refractivity contribution is -0.223. The van der Waals surface area contributed by atoms with Crippen LogP contribution >= 0.6 is 0 Å². The summed E-state index contributed by atoms with van der Waals surface area (Å²) in [5.74, 6) is -6.30. The Kier molecular flexibility index (Phi) is 4.72. The zero-order chi connectivity index (χ0) is 15.6. The van der Waals surface area contributed by atoms with E-state index in [-0.39, 0.29) is 6.61 Å². The van der Waals surface area contributed by atoms with Crippen LogP contribution in [-0.2, 0) is 33.3 Å². The molecular formula is C12H18O8. The number of hydrogen-bond acceptors (Lipinski definition) is 7. The SMILES string of the molecule is CCOC(=O)[C@]1(C(=O)O)OC[C@@H](C(=O)OC(C)(C)C)O1. The van der Waals surface area contributed by atoms with Crippen LogP contribution in [0.25, 0.3) is 0 Å². The largest absolute Gasteiger partial charge is 0.477 e. The van der Waals surface area contributed by atoms with Gasteiger partial charge in [0.05, 0.1) is 13.2 Å². The predicted octanol–water partition coefficient (Wildman–Crippen LogP) is 0.0875. The fourth-order valence-corrected chi connectivity index (χ4v) is 1.48. The van der Waals surface area contributed by atoms with Crippen molar-refractivity contribution in [2.24, 2.45) is 0 Å². The smallest absolute Gasteiger partial charge is 0.379 e. The minimum Gasteiger partial charge on any atom is -0.477 e. The highest BCUT2D eigenvalue weighted by atomic mass is 16.8. The summed E-state index contributed by atoms with van der Waals surface area (Å²) in [7, 11) is 0. The van der Waals surface area contributed by atoms with E-state index in [0.717, 1.165) is 0 Å². The average Bonchev–Trinajstić information content (AvgIpc) is 2.73. The van der Waals surface area contributed by atoms with E-state index in [2.05, 4.69) is 4.74 Å². The van der Waals surface area contributed by atoms with Crippen molar-refractivity contribution in [3.8, 4) is 0 Å². The van der Waals surface area contributed by atoms with Crippen LogP contribution in [-0.4, -0.2) is 53.7 Å².